The number of oxazole rings is 1. The Balaban J connectivity index is 1.77. The number of aryl methyl sites for hydroxylation is 1. The van der Waals surface area contributed by atoms with Crippen LogP contribution in [0.15, 0.2) is 22.6 Å². The zero-order chi connectivity index (χ0) is 17.8. The summed E-state index contributed by atoms with van der Waals surface area (Å²) < 4.78 is 30.8. The molecule has 3 rings (SSSR count). The van der Waals surface area contributed by atoms with Gasteiger partial charge in [0.25, 0.3) is 0 Å². The molecule has 0 N–H and O–H groups in total. The monoisotopic (exact) mass is 348 g/mol. The van der Waals surface area contributed by atoms with Gasteiger partial charge in [-0.25, -0.2) is 9.37 Å². The minimum absolute atomic E-state index is 0.289. The number of aromatic nitrogens is 1. The molecule has 0 spiro atoms. The lowest BCUT2D eigenvalue weighted by molar-refractivity contribution is 0.0720. The van der Waals surface area contributed by atoms with Crippen molar-refractivity contribution in [1.82, 2.24) is 9.88 Å². The molecular weight excluding hydrogens is 323 g/mol. The summed E-state index contributed by atoms with van der Waals surface area (Å²) in [5, 5.41) is 0. The first kappa shape index (κ1) is 17.9. The molecule has 2 heterocycles. The molecule has 0 unspecified atom stereocenters. The summed E-state index contributed by atoms with van der Waals surface area (Å²) >= 11 is 0. The number of methoxy groups -OCH3 is 1. The molecule has 0 saturated carbocycles. The Morgan fingerprint density at radius 2 is 2.24 bits per heavy atom. The first-order valence-corrected chi connectivity index (χ1v) is 8.75. The lowest BCUT2D eigenvalue weighted by atomic mass is 10.2. The second-order valence-corrected chi connectivity index (χ2v) is 6.33. The molecule has 2 aromatic rings. The molecule has 1 atom stereocenters. The Morgan fingerprint density at radius 3 is 2.92 bits per heavy atom. The summed E-state index contributed by atoms with van der Waals surface area (Å²) in [5.74, 6) is 1.20. The van der Waals surface area contributed by atoms with Gasteiger partial charge >= 0.3 is 0 Å². The normalized spacial score (nSPS) is 17.4. The highest BCUT2D eigenvalue weighted by Gasteiger charge is 2.21. The summed E-state index contributed by atoms with van der Waals surface area (Å²) in [6.45, 7) is 7.28. The van der Waals surface area contributed by atoms with Gasteiger partial charge in [-0.2, -0.15) is 0 Å². The van der Waals surface area contributed by atoms with Gasteiger partial charge in [0.05, 0.1) is 24.5 Å². The van der Waals surface area contributed by atoms with E-state index in [1.165, 1.54) is 6.07 Å². The number of nitrogens with zero attached hydrogens (tertiary/aromatic N) is 2. The molecule has 25 heavy (non-hydrogen) atoms. The first-order chi connectivity index (χ1) is 12.1. The van der Waals surface area contributed by atoms with Crippen molar-refractivity contribution in [1.29, 1.82) is 0 Å². The fourth-order valence-electron chi connectivity index (χ4n) is 3.08. The lowest BCUT2D eigenvalue weighted by Crippen LogP contribution is -2.31. The van der Waals surface area contributed by atoms with Crippen molar-refractivity contribution in [2.45, 2.75) is 39.3 Å². The van der Waals surface area contributed by atoms with Crippen LogP contribution < -0.4 is 4.74 Å². The van der Waals surface area contributed by atoms with Crippen LogP contribution in [0.5, 0.6) is 5.75 Å². The highest BCUT2D eigenvalue weighted by atomic mass is 19.1. The van der Waals surface area contributed by atoms with Crippen LogP contribution in [0.1, 0.15) is 31.2 Å². The highest BCUT2D eigenvalue weighted by molar-refractivity contribution is 5.57. The molecule has 1 fully saturated rings. The molecule has 1 aliphatic heterocycles. The fourth-order valence-corrected chi connectivity index (χ4v) is 3.08. The minimum atomic E-state index is -0.375. The maximum absolute atomic E-state index is 14.1. The van der Waals surface area contributed by atoms with E-state index in [2.05, 4.69) is 16.8 Å². The van der Waals surface area contributed by atoms with Crippen molar-refractivity contribution >= 4 is 0 Å². The van der Waals surface area contributed by atoms with E-state index in [4.69, 9.17) is 13.9 Å². The minimum Gasteiger partial charge on any atom is -0.497 e. The van der Waals surface area contributed by atoms with Crippen molar-refractivity contribution < 1.29 is 18.3 Å². The average Bonchev–Trinajstić information content (AvgIpc) is 3.25. The maximum Gasteiger partial charge on any atom is 0.229 e. The van der Waals surface area contributed by atoms with Gasteiger partial charge in [-0.3, -0.25) is 4.90 Å². The van der Waals surface area contributed by atoms with Gasteiger partial charge in [0.1, 0.15) is 17.3 Å². The summed E-state index contributed by atoms with van der Waals surface area (Å²) in [4.78, 5) is 6.82. The van der Waals surface area contributed by atoms with Crippen molar-refractivity contribution in [2.24, 2.45) is 0 Å². The van der Waals surface area contributed by atoms with E-state index in [0.29, 0.717) is 29.7 Å². The van der Waals surface area contributed by atoms with E-state index >= 15 is 0 Å². The van der Waals surface area contributed by atoms with Crippen LogP contribution >= 0.6 is 0 Å². The summed E-state index contributed by atoms with van der Waals surface area (Å²) in [6.07, 6.45) is 2.53. The van der Waals surface area contributed by atoms with Crippen LogP contribution in [0, 0.1) is 12.7 Å². The van der Waals surface area contributed by atoms with Gasteiger partial charge in [-0.15, -0.1) is 0 Å². The predicted octanol–water partition coefficient (Wildman–Crippen LogP) is 3.80. The van der Waals surface area contributed by atoms with Crippen molar-refractivity contribution in [2.75, 3.05) is 26.8 Å². The quantitative estimate of drug-likeness (QED) is 0.762. The molecule has 136 valence electrons. The third-order valence-electron chi connectivity index (χ3n) is 4.60. The Hall–Kier alpha value is -1.92. The van der Waals surface area contributed by atoms with Crippen LogP contribution in [0.3, 0.4) is 0 Å². The van der Waals surface area contributed by atoms with Gasteiger partial charge in [0, 0.05) is 19.7 Å². The predicted molar refractivity (Wildman–Crippen MR) is 93.1 cm³/mol. The van der Waals surface area contributed by atoms with Crippen LogP contribution in [0.25, 0.3) is 11.5 Å². The third-order valence-corrected chi connectivity index (χ3v) is 4.60. The summed E-state index contributed by atoms with van der Waals surface area (Å²) in [6, 6.07) is 4.55. The van der Waals surface area contributed by atoms with Gasteiger partial charge < -0.3 is 13.9 Å². The first-order valence-electron chi connectivity index (χ1n) is 8.75. The standard InChI is InChI=1S/C19H25FN2O3/c1-4-22(11-15-6-5-9-24-15)12-18-13(2)25-19(21-18)16-10-14(23-3)7-8-17(16)20/h7-8,10,15H,4-6,9,11-12H2,1-3H3/t15-/m1/s1. The van der Waals surface area contributed by atoms with E-state index in [1.807, 2.05) is 6.92 Å². The zero-order valence-corrected chi connectivity index (χ0v) is 15.0. The SMILES string of the molecule is CCN(Cc1nc(-c2cc(OC)ccc2F)oc1C)C[C@H]1CCCO1. The largest absolute Gasteiger partial charge is 0.497 e. The smallest absolute Gasteiger partial charge is 0.229 e. The van der Waals surface area contributed by atoms with Crippen LogP contribution in [-0.4, -0.2) is 42.8 Å². The average molecular weight is 348 g/mol. The number of halogens is 1. The van der Waals surface area contributed by atoms with Gasteiger partial charge in [0.2, 0.25) is 5.89 Å². The Kier molecular flexibility index (Phi) is 5.71. The topological polar surface area (TPSA) is 47.7 Å². The van der Waals surface area contributed by atoms with E-state index in [-0.39, 0.29) is 11.7 Å². The maximum atomic E-state index is 14.1. The highest BCUT2D eigenvalue weighted by Crippen LogP contribution is 2.28. The van der Waals surface area contributed by atoms with Crippen molar-refractivity contribution in [3.8, 4) is 17.2 Å². The summed E-state index contributed by atoms with van der Waals surface area (Å²) in [5.41, 5.74) is 1.15. The van der Waals surface area contributed by atoms with Crippen LogP contribution in [0.4, 0.5) is 4.39 Å². The molecule has 1 saturated heterocycles. The molecule has 0 aliphatic carbocycles. The van der Waals surface area contributed by atoms with Crippen molar-refractivity contribution in [3.05, 3.63) is 35.5 Å². The number of hydrogen-bond acceptors (Lipinski definition) is 5. The Labute approximate surface area is 147 Å². The molecule has 5 nitrogen and oxygen atoms in total. The number of hydrogen-bond donors (Lipinski definition) is 0. The fraction of sp³-hybridized carbons (Fsp3) is 0.526. The molecule has 6 heteroatoms. The van der Waals surface area contributed by atoms with Gasteiger partial charge in [-0.05, 0) is 44.5 Å². The Bertz CT molecular complexity index is 711. The number of rotatable bonds is 7. The zero-order valence-electron chi connectivity index (χ0n) is 15.0. The molecule has 1 aliphatic rings. The second kappa shape index (κ2) is 7.97. The van der Waals surface area contributed by atoms with Gasteiger partial charge in [-0.1, -0.05) is 6.92 Å². The molecule has 1 aromatic heterocycles. The third kappa shape index (κ3) is 4.19. The number of likely N-dealkylation sites (N-methyl/N-ethyl adjacent to an activating group) is 1. The van der Waals surface area contributed by atoms with Crippen LogP contribution in [-0.2, 0) is 11.3 Å². The molecule has 0 radical (unpaired) electrons. The van der Waals surface area contributed by atoms with Crippen molar-refractivity contribution in [3.63, 3.8) is 0 Å². The molecule has 0 bridgehead atoms. The molecular formula is C19H25FN2O3. The molecule has 0 amide bonds. The van der Waals surface area contributed by atoms with E-state index in [1.54, 1.807) is 19.2 Å². The molecule has 1 aromatic carbocycles. The van der Waals surface area contributed by atoms with E-state index in [0.717, 1.165) is 38.2 Å². The van der Waals surface area contributed by atoms with Gasteiger partial charge in [0.15, 0.2) is 0 Å². The number of ether oxygens (including phenoxy) is 2. The Morgan fingerprint density at radius 1 is 1.40 bits per heavy atom. The van der Waals surface area contributed by atoms with E-state index < -0.39 is 0 Å². The number of benzene rings is 1. The summed E-state index contributed by atoms with van der Waals surface area (Å²) in [7, 11) is 1.55. The van der Waals surface area contributed by atoms with E-state index in [9.17, 15) is 4.39 Å². The second-order valence-electron chi connectivity index (χ2n) is 6.33. The van der Waals surface area contributed by atoms with Crippen LogP contribution in [0.2, 0.25) is 0 Å². The lowest BCUT2D eigenvalue weighted by Gasteiger charge is -2.22.